The molecule has 0 bridgehead atoms. The molecule has 1 fully saturated rings. The van der Waals surface area contributed by atoms with Gasteiger partial charge in [0.25, 0.3) is 0 Å². The standard InChI is InChI=1S/C17H17F3O4/c1-23-13-7-6-10(9-14(13)24-2)8-11-4-3-5-12(15(11)21)16(22)17(18,19)20/h6-9,12H,3-5H2,1-2H3. The van der Waals surface area contributed by atoms with Crippen molar-refractivity contribution in [2.45, 2.75) is 25.4 Å². The summed E-state index contributed by atoms with van der Waals surface area (Å²) < 4.78 is 48.0. The second-order valence-electron chi connectivity index (χ2n) is 5.46. The molecule has 0 radical (unpaired) electrons. The monoisotopic (exact) mass is 342 g/mol. The lowest BCUT2D eigenvalue weighted by atomic mass is 9.81. The first-order valence-corrected chi connectivity index (χ1v) is 7.35. The van der Waals surface area contributed by atoms with Gasteiger partial charge in [-0.05, 0) is 48.6 Å². The largest absolute Gasteiger partial charge is 0.493 e. The smallest absolute Gasteiger partial charge is 0.450 e. The molecule has 4 nitrogen and oxygen atoms in total. The Morgan fingerprint density at radius 2 is 1.88 bits per heavy atom. The van der Waals surface area contributed by atoms with E-state index in [1.807, 2.05) is 0 Å². The third-order valence-corrected chi connectivity index (χ3v) is 3.92. The Bertz CT molecular complexity index is 677. The average molecular weight is 342 g/mol. The first-order chi connectivity index (χ1) is 11.3. The number of benzene rings is 1. The van der Waals surface area contributed by atoms with E-state index in [-0.39, 0.29) is 12.0 Å². The van der Waals surface area contributed by atoms with Gasteiger partial charge in [-0.2, -0.15) is 13.2 Å². The van der Waals surface area contributed by atoms with Crippen LogP contribution in [0.25, 0.3) is 6.08 Å². The molecule has 0 spiro atoms. The molecule has 130 valence electrons. The summed E-state index contributed by atoms with van der Waals surface area (Å²) in [5.41, 5.74) is 0.812. The Balaban J connectivity index is 2.29. The highest BCUT2D eigenvalue weighted by molar-refractivity contribution is 6.14. The van der Waals surface area contributed by atoms with Crippen molar-refractivity contribution in [3.8, 4) is 11.5 Å². The quantitative estimate of drug-likeness (QED) is 0.620. The molecule has 7 heteroatoms. The molecule has 0 N–H and O–H groups in total. The van der Waals surface area contributed by atoms with Crippen molar-refractivity contribution in [3.05, 3.63) is 29.3 Å². The van der Waals surface area contributed by atoms with Crippen LogP contribution in [0.5, 0.6) is 11.5 Å². The van der Waals surface area contributed by atoms with E-state index in [1.54, 1.807) is 18.2 Å². The highest BCUT2D eigenvalue weighted by Gasteiger charge is 2.47. The van der Waals surface area contributed by atoms with Gasteiger partial charge in [-0.25, -0.2) is 0 Å². The minimum atomic E-state index is -4.99. The van der Waals surface area contributed by atoms with E-state index < -0.39 is 23.7 Å². The SMILES string of the molecule is COc1ccc(C=C2CCCC(C(=O)C(F)(F)F)C2=O)cc1OC. The molecule has 0 heterocycles. The van der Waals surface area contributed by atoms with Crippen LogP contribution in [0.15, 0.2) is 23.8 Å². The predicted octanol–water partition coefficient (Wildman–Crippen LogP) is 3.59. The Kier molecular flexibility index (Phi) is 5.31. The summed E-state index contributed by atoms with van der Waals surface area (Å²) in [4.78, 5) is 23.7. The molecular formula is C17H17F3O4. The molecule has 1 atom stereocenters. The first kappa shape index (κ1) is 18.0. The van der Waals surface area contributed by atoms with Gasteiger partial charge in [0.2, 0.25) is 5.78 Å². The van der Waals surface area contributed by atoms with E-state index in [0.29, 0.717) is 29.9 Å². The lowest BCUT2D eigenvalue weighted by molar-refractivity contribution is -0.176. The fourth-order valence-corrected chi connectivity index (χ4v) is 2.71. The van der Waals surface area contributed by atoms with Gasteiger partial charge >= 0.3 is 6.18 Å². The van der Waals surface area contributed by atoms with Crippen LogP contribution in [0.3, 0.4) is 0 Å². The molecule has 1 aromatic rings. The van der Waals surface area contributed by atoms with Crippen LogP contribution in [0.4, 0.5) is 13.2 Å². The number of ketones is 2. The summed E-state index contributed by atoms with van der Waals surface area (Å²) in [6.45, 7) is 0. The summed E-state index contributed by atoms with van der Waals surface area (Å²) in [7, 11) is 2.94. The summed E-state index contributed by atoms with van der Waals surface area (Å²) in [6.07, 6.45) is -2.86. The Labute approximate surface area is 137 Å². The molecule has 1 unspecified atom stereocenters. The minimum Gasteiger partial charge on any atom is -0.493 e. The topological polar surface area (TPSA) is 52.6 Å². The third-order valence-electron chi connectivity index (χ3n) is 3.92. The van der Waals surface area contributed by atoms with Crippen LogP contribution in [0.2, 0.25) is 0 Å². The van der Waals surface area contributed by atoms with E-state index >= 15 is 0 Å². The summed E-state index contributed by atoms with van der Waals surface area (Å²) in [5, 5.41) is 0. The van der Waals surface area contributed by atoms with Crippen molar-refractivity contribution in [2.75, 3.05) is 14.2 Å². The van der Waals surface area contributed by atoms with Crippen LogP contribution in [0, 0.1) is 5.92 Å². The zero-order valence-corrected chi connectivity index (χ0v) is 13.3. The molecule has 2 rings (SSSR count). The number of carbonyl (C=O) groups is 2. The van der Waals surface area contributed by atoms with Gasteiger partial charge in [-0.1, -0.05) is 6.07 Å². The number of methoxy groups -OCH3 is 2. The molecule has 24 heavy (non-hydrogen) atoms. The van der Waals surface area contributed by atoms with Crippen molar-refractivity contribution >= 4 is 17.6 Å². The Hall–Kier alpha value is -2.31. The zero-order chi connectivity index (χ0) is 17.9. The number of allylic oxidation sites excluding steroid dienone is 1. The van der Waals surface area contributed by atoms with Gasteiger partial charge in [0.05, 0.1) is 20.1 Å². The van der Waals surface area contributed by atoms with Crippen molar-refractivity contribution < 1.29 is 32.2 Å². The third kappa shape index (κ3) is 3.77. The van der Waals surface area contributed by atoms with Gasteiger partial charge in [0, 0.05) is 0 Å². The van der Waals surface area contributed by atoms with Gasteiger partial charge < -0.3 is 9.47 Å². The summed E-state index contributed by atoms with van der Waals surface area (Å²) in [6, 6.07) is 4.92. The number of carbonyl (C=O) groups excluding carboxylic acids is 2. The molecule has 0 amide bonds. The number of alkyl halides is 3. The highest BCUT2D eigenvalue weighted by Crippen LogP contribution is 2.34. The van der Waals surface area contributed by atoms with Crippen LogP contribution < -0.4 is 9.47 Å². The minimum absolute atomic E-state index is 0.0690. The lowest BCUT2D eigenvalue weighted by Gasteiger charge is -2.22. The fraction of sp³-hybridized carbons (Fsp3) is 0.412. The highest BCUT2D eigenvalue weighted by atomic mass is 19.4. The maximum atomic E-state index is 12.6. The van der Waals surface area contributed by atoms with E-state index in [4.69, 9.17) is 9.47 Å². The molecule has 0 aliphatic heterocycles. The Morgan fingerprint density at radius 3 is 2.46 bits per heavy atom. The van der Waals surface area contributed by atoms with Crippen molar-refractivity contribution in [1.29, 1.82) is 0 Å². The van der Waals surface area contributed by atoms with E-state index in [9.17, 15) is 22.8 Å². The van der Waals surface area contributed by atoms with Gasteiger partial charge in [0.15, 0.2) is 17.3 Å². The molecular weight excluding hydrogens is 325 g/mol. The Morgan fingerprint density at radius 1 is 1.21 bits per heavy atom. The molecule has 1 aliphatic carbocycles. The lowest BCUT2D eigenvalue weighted by Crippen LogP contribution is -2.37. The maximum Gasteiger partial charge on any atom is 0.450 e. The van der Waals surface area contributed by atoms with E-state index in [2.05, 4.69) is 0 Å². The fourth-order valence-electron chi connectivity index (χ4n) is 2.71. The van der Waals surface area contributed by atoms with Crippen LogP contribution in [0.1, 0.15) is 24.8 Å². The molecule has 0 aromatic heterocycles. The zero-order valence-electron chi connectivity index (χ0n) is 13.3. The van der Waals surface area contributed by atoms with Crippen molar-refractivity contribution in [2.24, 2.45) is 5.92 Å². The number of hydrogen-bond acceptors (Lipinski definition) is 4. The van der Waals surface area contributed by atoms with Crippen LogP contribution in [-0.4, -0.2) is 32.0 Å². The number of rotatable bonds is 4. The molecule has 1 aliphatic rings. The second-order valence-corrected chi connectivity index (χ2v) is 5.46. The van der Waals surface area contributed by atoms with Crippen molar-refractivity contribution in [1.82, 2.24) is 0 Å². The van der Waals surface area contributed by atoms with Crippen LogP contribution in [-0.2, 0) is 9.59 Å². The van der Waals surface area contributed by atoms with Crippen LogP contribution >= 0.6 is 0 Å². The van der Waals surface area contributed by atoms with Crippen molar-refractivity contribution in [3.63, 3.8) is 0 Å². The summed E-state index contributed by atoms with van der Waals surface area (Å²) in [5.74, 6) is -3.41. The normalized spacial score (nSPS) is 20.1. The summed E-state index contributed by atoms with van der Waals surface area (Å²) >= 11 is 0. The molecule has 1 aromatic carbocycles. The number of hydrogen-bond donors (Lipinski definition) is 0. The van der Waals surface area contributed by atoms with Gasteiger partial charge in [-0.15, -0.1) is 0 Å². The number of halogens is 3. The molecule has 0 saturated heterocycles. The van der Waals surface area contributed by atoms with E-state index in [1.165, 1.54) is 20.3 Å². The van der Waals surface area contributed by atoms with Gasteiger partial charge in [0.1, 0.15) is 0 Å². The maximum absolute atomic E-state index is 12.6. The number of Topliss-reactive ketones (excluding diaryl/α,β-unsaturated/α-hetero) is 2. The first-order valence-electron chi connectivity index (χ1n) is 7.35. The van der Waals surface area contributed by atoms with E-state index in [0.717, 1.165) is 0 Å². The van der Waals surface area contributed by atoms with Gasteiger partial charge in [-0.3, -0.25) is 9.59 Å². The number of ether oxygens (including phenoxy) is 2. The second kappa shape index (κ2) is 7.07. The average Bonchev–Trinajstić information content (AvgIpc) is 2.55. The predicted molar refractivity (Wildman–Crippen MR) is 80.9 cm³/mol. The molecule has 1 saturated carbocycles.